The van der Waals surface area contributed by atoms with Crippen LogP contribution >= 0.6 is 24.0 Å². The predicted molar refractivity (Wildman–Crippen MR) is 106 cm³/mol. The number of para-hydroxylation sites is 1. The predicted octanol–water partition coefficient (Wildman–Crippen LogP) is 2.09. The molecule has 0 spiro atoms. The van der Waals surface area contributed by atoms with E-state index in [0.717, 1.165) is 39.2 Å². The number of aliphatic imine (C=N–C) groups is 1. The van der Waals surface area contributed by atoms with Gasteiger partial charge in [-0.1, -0.05) is 18.2 Å². The van der Waals surface area contributed by atoms with E-state index in [1.54, 1.807) is 0 Å². The number of rotatable bonds is 3. The van der Waals surface area contributed by atoms with Crippen LogP contribution in [0.3, 0.4) is 0 Å². The topological polar surface area (TPSA) is 54.1 Å². The van der Waals surface area contributed by atoms with Gasteiger partial charge in [-0.25, -0.2) is 0 Å². The molecule has 1 fully saturated rings. The van der Waals surface area contributed by atoms with Crippen LogP contribution in [0.25, 0.3) is 0 Å². The summed E-state index contributed by atoms with van der Waals surface area (Å²) in [5.41, 5.74) is 8.92. The lowest BCUT2D eigenvalue weighted by Crippen LogP contribution is -2.48. The Labute approximate surface area is 155 Å². The number of ether oxygens (including phenoxy) is 1. The zero-order chi connectivity index (χ0) is 15.5. The highest BCUT2D eigenvalue weighted by Gasteiger charge is 2.25. The second-order valence-corrected chi connectivity index (χ2v) is 6.24. The number of hydrogen-bond acceptors (Lipinski definition) is 3. The van der Waals surface area contributed by atoms with Gasteiger partial charge in [0, 0.05) is 31.4 Å². The lowest BCUT2D eigenvalue weighted by atomic mass is 10.1. The molecule has 5 nitrogen and oxygen atoms in total. The van der Waals surface area contributed by atoms with Crippen LogP contribution < -0.4 is 10.6 Å². The third-order valence-electron chi connectivity index (χ3n) is 4.53. The zero-order valence-corrected chi connectivity index (χ0v) is 16.3. The number of halogens is 1. The molecule has 2 heterocycles. The molecule has 0 radical (unpaired) electrons. The van der Waals surface area contributed by atoms with E-state index in [-0.39, 0.29) is 30.1 Å². The Bertz CT molecular complexity index is 551. The van der Waals surface area contributed by atoms with Crippen molar-refractivity contribution in [1.82, 2.24) is 4.90 Å². The van der Waals surface area contributed by atoms with Crippen molar-refractivity contribution in [3.8, 4) is 0 Å². The van der Waals surface area contributed by atoms with Crippen molar-refractivity contribution >= 4 is 35.6 Å². The summed E-state index contributed by atoms with van der Waals surface area (Å²) < 4.78 is 5.54. The fraction of sp³-hybridized carbons (Fsp3) is 0.588. The number of fused-ring (bicyclic) bond motifs is 1. The van der Waals surface area contributed by atoms with E-state index in [4.69, 9.17) is 10.5 Å². The van der Waals surface area contributed by atoms with Crippen molar-refractivity contribution in [1.29, 1.82) is 0 Å². The molecule has 1 saturated heterocycles. The molecule has 23 heavy (non-hydrogen) atoms. The van der Waals surface area contributed by atoms with Gasteiger partial charge in [-0.15, -0.1) is 24.0 Å². The Morgan fingerprint density at radius 3 is 2.91 bits per heavy atom. The molecule has 6 heteroatoms. The van der Waals surface area contributed by atoms with Crippen LogP contribution in [0.15, 0.2) is 29.3 Å². The summed E-state index contributed by atoms with van der Waals surface area (Å²) in [7, 11) is 0. The van der Waals surface area contributed by atoms with Crippen molar-refractivity contribution in [3.05, 3.63) is 29.8 Å². The maximum atomic E-state index is 6.13. The molecule has 3 rings (SSSR count). The van der Waals surface area contributed by atoms with E-state index in [1.165, 1.54) is 11.3 Å². The van der Waals surface area contributed by atoms with Crippen LogP contribution in [0.1, 0.15) is 19.4 Å². The number of hydrogen-bond donors (Lipinski definition) is 1. The smallest absolute Gasteiger partial charge is 0.191 e. The second-order valence-electron chi connectivity index (χ2n) is 6.24. The highest BCUT2D eigenvalue weighted by molar-refractivity contribution is 14.0. The Morgan fingerprint density at radius 2 is 2.13 bits per heavy atom. The van der Waals surface area contributed by atoms with Gasteiger partial charge < -0.3 is 20.3 Å². The molecule has 0 bridgehead atoms. The highest BCUT2D eigenvalue weighted by Crippen LogP contribution is 2.31. The Kier molecular flexibility index (Phi) is 6.52. The average molecular weight is 430 g/mol. The van der Waals surface area contributed by atoms with Crippen molar-refractivity contribution in [2.45, 2.75) is 32.4 Å². The first kappa shape index (κ1) is 18.3. The standard InChI is InChI=1S/C17H26N4O.HI/c1-13-11-15-5-3-4-6-16(15)21(13)8-7-19-17(18)20-9-10-22-14(2)12-20;/h3-6,13-14H,7-12H2,1-2H3,(H2,18,19);1H. The van der Waals surface area contributed by atoms with E-state index in [9.17, 15) is 0 Å². The lowest BCUT2D eigenvalue weighted by molar-refractivity contribution is 0.00530. The molecule has 2 atom stereocenters. The summed E-state index contributed by atoms with van der Waals surface area (Å²) in [5, 5.41) is 0. The monoisotopic (exact) mass is 430 g/mol. The molecule has 2 aliphatic rings. The number of guanidine groups is 1. The van der Waals surface area contributed by atoms with Crippen molar-refractivity contribution in [2.24, 2.45) is 10.7 Å². The van der Waals surface area contributed by atoms with Crippen LogP contribution in [-0.2, 0) is 11.2 Å². The maximum Gasteiger partial charge on any atom is 0.191 e. The normalized spacial score (nSPS) is 24.3. The summed E-state index contributed by atoms with van der Waals surface area (Å²) in [6.07, 6.45) is 1.35. The molecular weight excluding hydrogens is 403 g/mol. The molecule has 128 valence electrons. The third-order valence-corrected chi connectivity index (χ3v) is 4.53. The first-order chi connectivity index (χ1) is 10.6. The van der Waals surface area contributed by atoms with E-state index < -0.39 is 0 Å². The minimum absolute atomic E-state index is 0. The number of anilines is 1. The summed E-state index contributed by atoms with van der Waals surface area (Å²) in [6.45, 7) is 8.39. The SMILES string of the molecule is CC1CN(C(N)=NCCN2c3ccccc3CC2C)CCO1.I. The largest absolute Gasteiger partial charge is 0.375 e. The second kappa shape index (κ2) is 8.19. The molecule has 1 aromatic carbocycles. The van der Waals surface area contributed by atoms with Gasteiger partial charge in [0.15, 0.2) is 5.96 Å². The minimum Gasteiger partial charge on any atom is -0.375 e. The summed E-state index contributed by atoms with van der Waals surface area (Å²) in [4.78, 5) is 9.14. The summed E-state index contributed by atoms with van der Waals surface area (Å²) >= 11 is 0. The fourth-order valence-electron chi connectivity index (χ4n) is 3.37. The zero-order valence-electron chi connectivity index (χ0n) is 13.9. The number of nitrogens with two attached hydrogens (primary N) is 1. The van der Waals surface area contributed by atoms with Gasteiger partial charge in [-0.3, -0.25) is 4.99 Å². The molecule has 2 unspecified atom stereocenters. The molecule has 2 N–H and O–H groups in total. The van der Waals surface area contributed by atoms with Crippen molar-refractivity contribution < 1.29 is 4.74 Å². The van der Waals surface area contributed by atoms with Crippen LogP contribution in [-0.4, -0.2) is 55.8 Å². The van der Waals surface area contributed by atoms with E-state index in [2.05, 4.69) is 52.9 Å². The van der Waals surface area contributed by atoms with E-state index >= 15 is 0 Å². The van der Waals surface area contributed by atoms with Gasteiger partial charge >= 0.3 is 0 Å². The molecule has 1 aromatic rings. The number of nitrogens with zero attached hydrogens (tertiary/aromatic N) is 3. The number of morpholine rings is 1. The first-order valence-electron chi connectivity index (χ1n) is 8.16. The van der Waals surface area contributed by atoms with Gasteiger partial charge in [-0.05, 0) is 31.9 Å². The summed E-state index contributed by atoms with van der Waals surface area (Å²) in [6, 6.07) is 9.19. The lowest BCUT2D eigenvalue weighted by Gasteiger charge is -2.32. The Morgan fingerprint density at radius 1 is 1.35 bits per heavy atom. The van der Waals surface area contributed by atoms with Gasteiger partial charge in [0.1, 0.15) is 0 Å². The van der Waals surface area contributed by atoms with E-state index in [1.807, 2.05) is 0 Å². The summed E-state index contributed by atoms with van der Waals surface area (Å²) in [5.74, 6) is 0.648. The van der Waals surface area contributed by atoms with Crippen LogP contribution in [0.4, 0.5) is 5.69 Å². The maximum absolute atomic E-state index is 6.13. The van der Waals surface area contributed by atoms with Crippen molar-refractivity contribution in [3.63, 3.8) is 0 Å². The first-order valence-corrected chi connectivity index (χ1v) is 8.16. The Balaban J connectivity index is 0.00000192. The average Bonchev–Trinajstić information content (AvgIpc) is 2.83. The number of benzene rings is 1. The van der Waals surface area contributed by atoms with Gasteiger partial charge in [0.05, 0.1) is 19.3 Å². The highest BCUT2D eigenvalue weighted by atomic mass is 127. The van der Waals surface area contributed by atoms with Crippen LogP contribution in [0, 0.1) is 0 Å². The molecule has 0 amide bonds. The fourth-order valence-corrected chi connectivity index (χ4v) is 3.37. The van der Waals surface area contributed by atoms with Gasteiger partial charge in [-0.2, -0.15) is 0 Å². The molecule has 2 aliphatic heterocycles. The van der Waals surface area contributed by atoms with E-state index in [0.29, 0.717) is 12.0 Å². The molecule has 0 saturated carbocycles. The van der Waals surface area contributed by atoms with Crippen LogP contribution in [0.2, 0.25) is 0 Å². The Hall–Kier alpha value is -1.02. The minimum atomic E-state index is 0. The van der Waals surface area contributed by atoms with Crippen molar-refractivity contribution in [2.75, 3.05) is 37.7 Å². The quantitative estimate of drug-likeness (QED) is 0.454. The third kappa shape index (κ3) is 4.29. The van der Waals surface area contributed by atoms with Gasteiger partial charge in [0.2, 0.25) is 0 Å². The molecular formula is C17H27IN4O. The molecule has 0 aromatic heterocycles. The van der Waals surface area contributed by atoms with Crippen LogP contribution in [0.5, 0.6) is 0 Å². The van der Waals surface area contributed by atoms with Gasteiger partial charge in [0.25, 0.3) is 0 Å². The molecule has 0 aliphatic carbocycles.